The number of nitrogens with zero attached hydrogens (tertiary/aromatic N) is 3. The first-order valence-corrected chi connectivity index (χ1v) is 9.84. The SMILES string of the molecule is Cc1cc(NC(=O)CSc2nnc(-c3ccccc3Cl)o2)c2ccccc2n1. The number of rotatable bonds is 5. The van der Waals surface area contributed by atoms with Crippen LogP contribution >= 0.6 is 23.4 Å². The molecule has 0 aliphatic carbocycles. The van der Waals surface area contributed by atoms with Gasteiger partial charge in [-0.1, -0.05) is 53.7 Å². The highest BCUT2D eigenvalue weighted by atomic mass is 35.5. The van der Waals surface area contributed by atoms with E-state index in [0.29, 0.717) is 21.7 Å². The number of hydrogen-bond acceptors (Lipinski definition) is 6. The van der Waals surface area contributed by atoms with Gasteiger partial charge in [0.2, 0.25) is 11.8 Å². The second kappa shape index (κ2) is 8.00. The van der Waals surface area contributed by atoms with E-state index in [-0.39, 0.29) is 11.7 Å². The number of aryl methyl sites for hydroxylation is 1. The maximum Gasteiger partial charge on any atom is 0.277 e. The highest BCUT2D eigenvalue weighted by Crippen LogP contribution is 2.29. The summed E-state index contributed by atoms with van der Waals surface area (Å²) in [6.45, 7) is 1.89. The fourth-order valence-corrected chi connectivity index (χ4v) is 3.52. The van der Waals surface area contributed by atoms with Gasteiger partial charge in [-0.15, -0.1) is 10.2 Å². The highest BCUT2D eigenvalue weighted by molar-refractivity contribution is 7.99. The van der Waals surface area contributed by atoms with Crippen molar-refractivity contribution in [2.45, 2.75) is 12.1 Å². The van der Waals surface area contributed by atoms with E-state index in [9.17, 15) is 4.79 Å². The number of thioether (sulfide) groups is 1. The lowest BCUT2D eigenvalue weighted by Crippen LogP contribution is -2.14. The van der Waals surface area contributed by atoms with Gasteiger partial charge < -0.3 is 9.73 Å². The fraction of sp³-hybridized carbons (Fsp3) is 0.100. The van der Waals surface area contributed by atoms with E-state index in [1.807, 2.05) is 49.4 Å². The number of carbonyl (C=O) groups is 1. The molecular formula is C20H15ClN4O2S. The van der Waals surface area contributed by atoms with Crippen LogP contribution in [0.25, 0.3) is 22.4 Å². The number of pyridine rings is 1. The standard InChI is InChI=1S/C20H15ClN4O2S/c1-12-10-17(14-7-3-5-9-16(14)22-12)23-18(26)11-28-20-25-24-19(27-20)13-6-2-4-8-15(13)21/h2-10H,11H2,1H3,(H,22,23,26). The van der Waals surface area contributed by atoms with Crippen LogP contribution in [0.2, 0.25) is 5.02 Å². The molecule has 0 saturated heterocycles. The second-order valence-corrected chi connectivity index (χ2v) is 7.35. The number of halogens is 1. The molecule has 0 atom stereocenters. The molecular weight excluding hydrogens is 396 g/mol. The lowest BCUT2D eigenvalue weighted by Gasteiger charge is -2.09. The molecule has 0 aliphatic heterocycles. The Morgan fingerprint density at radius 1 is 1.14 bits per heavy atom. The molecule has 0 spiro atoms. The van der Waals surface area contributed by atoms with E-state index in [4.69, 9.17) is 16.0 Å². The molecule has 0 bridgehead atoms. The molecule has 2 aromatic heterocycles. The number of nitrogens with one attached hydrogen (secondary N) is 1. The maximum atomic E-state index is 12.4. The number of para-hydroxylation sites is 1. The zero-order chi connectivity index (χ0) is 19.5. The third kappa shape index (κ3) is 4.00. The van der Waals surface area contributed by atoms with E-state index < -0.39 is 0 Å². The van der Waals surface area contributed by atoms with Crippen molar-refractivity contribution in [3.8, 4) is 11.5 Å². The minimum absolute atomic E-state index is 0.139. The summed E-state index contributed by atoms with van der Waals surface area (Å²) in [6.07, 6.45) is 0. The lowest BCUT2D eigenvalue weighted by molar-refractivity contribution is -0.113. The number of hydrogen-bond donors (Lipinski definition) is 1. The average molecular weight is 411 g/mol. The minimum atomic E-state index is -0.168. The van der Waals surface area contributed by atoms with Crippen LogP contribution in [0.5, 0.6) is 0 Å². The van der Waals surface area contributed by atoms with Crippen molar-refractivity contribution in [3.63, 3.8) is 0 Å². The summed E-state index contributed by atoms with van der Waals surface area (Å²) < 4.78 is 5.61. The van der Waals surface area contributed by atoms with E-state index in [0.717, 1.165) is 22.3 Å². The molecule has 8 heteroatoms. The third-order valence-corrected chi connectivity index (χ3v) is 5.10. The van der Waals surface area contributed by atoms with Crippen molar-refractivity contribution < 1.29 is 9.21 Å². The third-order valence-electron chi connectivity index (χ3n) is 3.96. The predicted octanol–water partition coefficient (Wildman–Crippen LogP) is 4.98. The smallest absolute Gasteiger partial charge is 0.277 e. The molecule has 4 aromatic rings. The van der Waals surface area contributed by atoms with Gasteiger partial charge in [-0.05, 0) is 31.2 Å². The van der Waals surface area contributed by atoms with Crippen molar-refractivity contribution in [2.75, 3.05) is 11.1 Å². The van der Waals surface area contributed by atoms with Crippen LogP contribution in [0, 0.1) is 6.92 Å². The summed E-state index contributed by atoms with van der Waals surface area (Å²) >= 11 is 7.31. The molecule has 140 valence electrons. The first-order valence-electron chi connectivity index (χ1n) is 8.47. The molecule has 0 aliphatic rings. The highest BCUT2D eigenvalue weighted by Gasteiger charge is 2.14. The summed E-state index contributed by atoms with van der Waals surface area (Å²) in [5.41, 5.74) is 3.07. The first-order chi connectivity index (χ1) is 13.6. The molecule has 2 heterocycles. The molecule has 0 saturated carbocycles. The van der Waals surface area contributed by atoms with E-state index in [1.54, 1.807) is 12.1 Å². The van der Waals surface area contributed by atoms with Crippen LogP contribution in [-0.4, -0.2) is 26.8 Å². The van der Waals surface area contributed by atoms with E-state index in [1.165, 1.54) is 11.8 Å². The van der Waals surface area contributed by atoms with Gasteiger partial charge in [0.25, 0.3) is 5.22 Å². The summed E-state index contributed by atoms with van der Waals surface area (Å²) in [6, 6.07) is 16.8. The molecule has 0 unspecified atom stereocenters. The molecule has 0 fully saturated rings. The Balaban J connectivity index is 1.44. The summed E-state index contributed by atoms with van der Waals surface area (Å²) in [7, 11) is 0. The van der Waals surface area contributed by atoms with Gasteiger partial charge >= 0.3 is 0 Å². The molecule has 2 aromatic carbocycles. The molecule has 1 amide bonds. The van der Waals surface area contributed by atoms with Gasteiger partial charge in [0, 0.05) is 11.1 Å². The topological polar surface area (TPSA) is 80.9 Å². The van der Waals surface area contributed by atoms with Gasteiger partial charge in [0.05, 0.1) is 27.5 Å². The number of benzene rings is 2. The molecule has 4 rings (SSSR count). The Kier molecular flexibility index (Phi) is 5.27. The number of carbonyl (C=O) groups excluding carboxylic acids is 1. The average Bonchev–Trinajstić information content (AvgIpc) is 3.15. The molecule has 28 heavy (non-hydrogen) atoms. The Bertz CT molecular complexity index is 1160. The quantitative estimate of drug-likeness (QED) is 0.467. The Hall–Kier alpha value is -2.90. The van der Waals surface area contributed by atoms with Crippen molar-refractivity contribution in [1.29, 1.82) is 0 Å². The Morgan fingerprint density at radius 2 is 1.93 bits per heavy atom. The van der Waals surface area contributed by atoms with Crippen molar-refractivity contribution in [2.24, 2.45) is 0 Å². The lowest BCUT2D eigenvalue weighted by atomic mass is 10.1. The van der Waals surface area contributed by atoms with E-state index in [2.05, 4.69) is 20.5 Å². The zero-order valence-electron chi connectivity index (χ0n) is 14.8. The predicted molar refractivity (Wildman–Crippen MR) is 111 cm³/mol. The number of fused-ring (bicyclic) bond motifs is 1. The fourth-order valence-electron chi connectivity index (χ4n) is 2.74. The summed E-state index contributed by atoms with van der Waals surface area (Å²) in [4.78, 5) is 16.9. The van der Waals surface area contributed by atoms with E-state index >= 15 is 0 Å². The number of anilines is 1. The van der Waals surface area contributed by atoms with Gasteiger partial charge in [0.1, 0.15) is 0 Å². The monoisotopic (exact) mass is 410 g/mol. The number of amides is 1. The van der Waals surface area contributed by atoms with Crippen LogP contribution in [0.1, 0.15) is 5.69 Å². The summed E-state index contributed by atoms with van der Waals surface area (Å²) in [5.74, 6) is 0.294. The van der Waals surface area contributed by atoms with Crippen LogP contribution in [0.3, 0.4) is 0 Å². The maximum absolute atomic E-state index is 12.4. The van der Waals surface area contributed by atoms with Crippen LogP contribution in [-0.2, 0) is 4.79 Å². The van der Waals surface area contributed by atoms with Crippen LogP contribution in [0.15, 0.2) is 64.2 Å². The van der Waals surface area contributed by atoms with Crippen molar-refractivity contribution >= 4 is 45.9 Å². The zero-order valence-corrected chi connectivity index (χ0v) is 16.4. The van der Waals surface area contributed by atoms with Crippen molar-refractivity contribution in [3.05, 3.63) is 65.3 Å². The van der Waals surface area contributed by atoms with Gasteiger partial charge in [-0.2, -0.15) is 0 Å². The van der Waals surface area contributed by atoms with Crippen molar-refractivity contribution in [1.82, 2.24) is 15.2 Å². The van der Waals surface area contributed by atoms with Gasteiger partial charge in [0.15, 0.2) is 0 Å². The normalized spacial score (nSPS) is 10.9. The Labute approximate surface area is 170 Å². The Morgan fingerprint density at radius 3 is 2.79 bits per heavy atom. The largest absolute Gasteiger partial charge is 0.411 e. The van der Waals surface area contributed by atoms with Crippen LogP contribution in [0.4, 0.5) is 5.69 Å². The molecule has 0 radical (unpaired) electrons. The van der Waals surface area contributed by atoms with Gasteiger partial charge in [-0.25, -0.2) is 0 Å². The minimum Gasteiger partial charge on any atom is -0.411 e. The van der Waals surface area contributed by atoms with Gasteiger partial charge in [-0.3, -0.25) is 9.78 Å². The molecule has 6 nitrogen and oxygen atoms in total. The second-order valence-electron chi connectivity index (χ2n) is 6.02. The number of aromatic nitrogens is 3. The van der Waals surface area contributed by atoms with Crippen LogP contribution < -0.4 is 5.32 Å². The molecule has 1 N–H and O–H groups in total. The summed E-state index contributed by atoms with van der Waals surface area (Å²) in [5, 5.41) is 12.6. The first kappa shape index (κ1) is 18.5.